The predicted molar refractivity (Wildman–Crippen MR) is 200 cm³/mol. The van der Waals surface area contributed by atoms with E-state index >= 15 is 0 Å². The first-order chi connectivity index (χ1) is 24.0. The minimum atomic E-state index is -0.875. The van der Waals surface area contributed by atoms with E-state index in [2.05, 4.69) is 16.0 Å². The van der Waals surface area contributed by atoms with Crippen LogP contribution < -0.4 is 16.0 Å². The molecule has 51 heavy (non-hydrogen) atoms. The molecule has 0 saturated carbocycles. The topological polar surface area (TPSA) is 150 Å². The van der Waals surface area contributed by atoms with Crippen LogP contribution in [0.5, 0.6) is 0 Å². The minimum Gasteiger partial charge on any atom is -0.386 e. The molecule has 0 aromatic heterocycles. The van der Waals surface area contributed by atoms with Crippen molar-refractivity contribution in [1.29, 1.82) is 0 Å². The van der Waals surface area contributed by atoms with E-state index in [4.69, 9.17) is 9.47 Å². The molecule has 1 fully saturated rings. The Kier molecular flexibility index (Phi) is 18.0. The third-order valence-electron chi connectivity index (χ3n) is 10.7. The second-order valence-corrected chi connectivity index (χ2v) is 15.0. The van der Waals surface area contributed by atoms with Crippen molar-refractivity contribution in [2.75, 3.05) is 34.9 Å². The number of likely N-dealkylation sites (tertiary alicyclic amines) is 1. The third kappa shape index (κ3) is 11.5. The fourth-order valence-corrected chi connectivity index (χ4v) is 7.42. The molecule has 0 aliphatic carbocycles. The van der Waals surface area contributed by atoms with Gasteiger partial charge in [0, 0.05) is 27.8 Å². The maximum atomic E-state index is 14.1. The number of likely N-dealkylation sites (N-methyl/N-ethyl adjacent to an activating group) is 2. The Morgan fingerprint density at radius 2 is 1.53 bits per heavy atom. The van der Waals surface area contributed by atoms with Crippen LogP contribution in [-0.4, -0.2) is 116 Å². The number of benzene rings is 1. The Morgan fingerprint density at radius 1 is 0.922 bits per heavy atom. The number of methoxy groups -OCH3 is 2. The number of carbonyl (C=O) groups is 4. The van der Waals surface area contributed by atoms with Crippen molar-refractivity contribution >= 4 is 23.6 Å². The van der Waals surface area contributed by atoms with Crippen molar-refractivity contribution in [2.45, 2.75) is 130 Å². The van der Waals surface area contributed by atoms with Crippen LogP contribution in [0.2, 0.25) is 0 Å². The van der Waals surface area contributed by atoms with Gasteiger partial charge in [-0.2, -0.15) is 0 Å². The van der Waals surface area contributed by atoms with Gasteiger partial charge in [0.05, 0.1) is 54.8 Å². The molecule has 1 aliphatic heterocycles. The predicted octanol–water partition coefficient (Wildman–Crippen LogP) is 3.53. The van der Waals surface area contributed by atoms with Crippen LogP contribution >= 0.6 is 0 Å². The lowest BCUT2D eigenvalue weighted by Gasteiger charge is -2.41. The minimum absolute atomic E-state index is 0.0148. The molecule has 1 aromatic carbocycles. The van der Waals surface area contributed by atoms with Gasteiger partial charge in [0.1, 0.15) is 6.04 Å². The number of amides is 4. The van der Waals surface area contributed by atoms with Crippen LogP contribution in [0, 0.1) is 23.7 Å². The molecule has 0 spiro atoms. The third-order valence-corrected chi connectivity index (χ3v) is 10.7. The Labute approximate surface area is 306 Å². The van der Waals surface area contributed by atoms with Crippen molar-refractivity contribution in [1.82, 2.24) is 25.8 Å². The zero-order chi connectivity index (χ0) is 38.6. The van der Waals surface area contributed by atoms with Gasteiger partial charge in [0.2, 0.25) is 23.6 Å². The molecule has 3 unspecified atom stereocenters. The van der Waals surface area contributed by atoms with Gasteiger partial charge in [-0.05, 0) is 50.1 Å². The Hall–Kier alpha value is -3.06. The lowest BCUT2D eigenvalue weighted by molar-refractivity contribution is -0.148. The zero-order valence-corrected chi connectivity index (χ0v) is 33.1. The molecular weight excluding hydrogens is 650 g/mol. The number of ether oxygens (including phenoxy) is 2. The largest absolute Gasteiger partial charge is 0.386 e. The Bertz CT molecular complexity index is 1250. The summed E-state index contributed by atoms with van der Waals surface area (Å²) in [7, 11) is 6.57. The fraction of sp³-hybridized carbons (Fsp3) is 0.744. The number of hydrogen-bond acceptors (Lipinski definition) is 8. The Morgan fingerprint density at radius 3 is 2.04 bits per heavy atom. The smallest absolute Gasteiger partial charge is 0.245 e. The molecule has 290 valence electrons. The van der Waals surface area contributed by atoms with E-state index in [0.717, 1.165) is 12.8 Å². The van der Waals surface area contributed by atoms with E-state index < -0.39 is 48.4 Å². The molecule has 1 saturated heterocycles. The van der Waals surface area contributed by atoms with E-state index in [1.807, 2.05) is 71.9 Å². The first-order valence-corrected chi connectivity index (χ1v) is 18.7. The Balaban J connectivity index is 2.24. The summed E-state index contributed by atoms with van der Waals surface area (Å²) in [4.78, 5) is 58.3. The van der Waals surface area contributed by atoms with Crippen LogP contribution in [0.3, 0.4) is 0 Å². The maximum absolute atomic E-state index is 14.1. The van der Waals surface area contributed by atoms with Gasteiger partial charge in [-0.15, -0.1) is 0 Å². The van der Waals surface area contributed by atoms with Crippen LogP contribution in [-0.2, 0) is 28.7 Å². The van der Waals surface area contributed by atoms with Crippen LogP contribution in [0.15, 0.2) is 30.3 Å². The van der Waals surface area contributed by atoms with Gasteiger partial charge in [0.15, 0.2) is 0 Å². The van der Waals surface area contributed by atoms with Gasteiger partial charge in [-0.25, -0.2) is 0 Å². The summed E-state index contributed by atoms with van der Waals surface area (Å²) in [6.45, 7) is 15.9. The summed E-state index contributed by atoms with van der Waals surface area (Å²) in [5, 5.41) is 19.8. The highest BCUT2D eigenvalue weighted by Crippen LogP contribution is 2.30. The van der Waals surface area contributed by atoms with Crippen LogP contribution in [0.1, 0.15) is 92.7 Å². The lowest BCUT2D eigenvalue weighted by atomic mass is 9.89. The number of nitrogens with one attached hydrogen (secondary N) is 3. The van der Waals surface area contributed by atoms with E-state index in [-0.39, 0.29) is 53.8 Å². The summed E-state index contributed by atoms with van der Waals surface area (Å²) < 4.78 is 11.9. The molecule has 4 amide bonds. The first-order valence-electron chi connectivity index (χ1n) is 18.7. The van der Waals surface area contributed by atoms with E-state index in [0.29, 0.717) is 18.5 Å². The second kappa shape index (κ2) is 20.8. The van der Waals surface area contributed by atoms with Crippen molar-refractivity contribution in [3.8, 4) is 0 Å². The zero-order valence-electron chi connectivity index (χ0n) is 33.1. The van der Waals surface area contributed by atoms with Crippen molar-refractivity contribution in [2.24, 2.45) is 23.7 Å². The number of nitrogens with zero attached hydrogens (tertiary/aromatic N) is 2. The average Bonchev–Trinajstić information content (AvgIpc) is 3.59. The van der Waals surface area contributed by atoms with E-state index in [9.17, 15) is 24.3 Å². The van der Waals surface area contributed by atoms with Crippen molar-refractivity contribution < 1.29 is 33.8 Å². The van der Waals surface area contributed by atoms with Gasteiger partial charge in [-0.3, -0.25) is 19.2 Å². The molecule has 1 aromatic rings. The monoisotopic (exact) mass is 718 g/mol. The first kappa shape index (κ1) is 44.1. The molecule has 1 heterocycles. The molecule has 1 aliphatic rings. The van der Waals surface area contributed by atoms with Crippen molar-refractivity contribution in [3.05, 3.63) is 35.9 Å². The van der Waals surface area contributed by atoms with Crippen molar-refractivity contribution in [3.63, 3.8) is 0 Å². The van der Waals surface area contributed by atoms with Gasteiger partial charge >= 0.3 is 0 Å². The number of aliphatic hydroxyl groups excluding tert-OH is 1. The standard InChI is InChI=1S/C39H67N5O7/c1-13-25(6)34(43(10)39(49)33(24(4)5)42-38(48)32(40-9)23(2)3)30(50-11)22-31(45)44-21-17-20-29(44)36(51-12)26(7)37(47)41-27(8)35(46)28-18-15-14-16-19-28/h14-16,18-19,23-27,29-30,32-36,40,46H,13,17,20-22H2,1-12H3,(H,41,47)(H,42,48)/t25?,26-,27-,29+,30-,32?,33+,34?,35-,36-/m1/s1. The molecule has 12 heteroatoms. The SMILES string of the molecule is CCC(C)C([C@@H](CC(=O)N1CCC[C@H]1[C@H](OC)[C@@H](C)C(=O)N[C@H](C)[C@@H](O)c1ccccc1)OC)N(C)C(=O)[C@@H](NC(=O)C(NC)C(C)C)C(C)C. The molecule has 0 radical (unpaired) electrons. The lowest BCUT2D eigenvalue weighted by Crippen LogP contribution is -2.59. The highest BCUT2D eigenvalue weighted by Gasteiger charge is 2.43. The van der Waals surface area contributed by atoms with Crippen LogP contribution in [0.4, 0.5) is 0 Å². The molecule has 10 atom stereocenters. The average molecular weight is 718 g/mol. The number of aliphatic hydroxyl groups is 1. The van der Waals surface area contributed by atoms with Crippen LogP contribution in [0.25, 0.3) is 0 Å². The molecular formula is C39H67N5O7. The molecule has 4 N–H and O–H groups in total. The van der Waals surface area contributed by atoms with E-state index in [1.54, 1.807) is 52.0 Å². The summed E-state index contributed by atoms with van der Waals surface area (Å²) in [6.07, 6.45) is 0.147. The summed E-state index contributed by atoms with van der Waals surface area (Å²) in [5.41, 5.74) is 0.711. The number of carbonyl (C=O) groups excluding carboxylic acids is 4. The van der Waals surface area contributed by atoms with E-state index in [1.165, 1.54) is 0 Å². The summed E-state index contributed by atoms with van der Waals surface area (Å²) in [6, 6.07) is 6.67. The molecule has 0 bridgehead atoms. The second-order valence-electron chi connectivity index (χ2n) is 15.0. The normalized spacial score (nSPS) is 20.1. The number of rotatable bonds is 20. The fourth-order valence-electron chi connectivity index (χ4n) is 7.42. The summed E-state index contributed by atoms with van der Waals surface area (Å²) >= 11 is 0. The quantitative estimate of drug-likeness (QED) is 0.160. The van der Waals surface area contributed by atoms with Gasteiger partial charge in [0.25, 0.3) is 0 Å². The molecule has 2 rings (SSSR count). The molecule has 12 nitrogen and oxygen atoms in total. The summed E-state index contributed by atoms with van der Waals surface area (Å²) in [5.74, 6) is -1.62. The highest BCUT2D eigenvalue weighted by atomic mass is 16.5. The maximum Gasteiger partial charge on any atom is 0.245 e. The van der Waals surface area contributed by atoms with Gasteiger partial charge in [-0.1, -0.05) is 85.2 Å². The number of hydrogen-bond donors (Lipinski definition) is 4. The van der Waals surface area contributed by atoms with Gasteiger partial charge < -0.3 is 40.3 Å². The highest BCUT2D eigenvalue weighted by molar-refractivity contribution is 5.90.